The Morgan fingerprint density at radius 3 is 2.72 bits per heavy atom. The predicted octanol–water partition coefficient (Wildman–Crippen LogP) is 1.81. The van der Waals surface area contributed by atoms with Crippen LogP contribution >= 0.6 is 0 Å². The zero-order chi connectivity index (χ0) is 13.5. The van der Waals surface area contributed by atoms with Crippen LogP contribution in [-0.2, 0) is 14.3 Å². The summed E-state index contributed by atoms with van der Waals surface area (Å²) in [6.45, 7) is 6.12. The summed E-state index contributed by atoms with van der Waals surface area (Å²) in [4.78, 5) is 22.6. The minimum atomic E-state index is -0.363. The molecule has 0 unspecified atom stereocenters. The average molecular weight is 253 g/mol. The maximum atomic E-state index is 11.5. The van der Waals surface area contributed by atoms with Crippen molar-refractivity contribution < 1.29 is 14.3 Å². The van der Waals surface area contributed by atoms with Gasteiger partial charge in [0, 0.05) is 18.2 Å². The molecule has 0 aliphatic rings. The van der Waals surface area contributed by atoms with Crippen LogP contribution in [0.2, 0.25) is 0 Å². The summed E-state index contributed by atoms with van der Waals surface area (Å²) in [6.07, 6.45) is 0.184. The lowest BCUT2D eigenvalue weighted by Crippen LogP contribution is -2.14. The summed E-state index contributed by atoms with van der Waals surface area (Å²) in [7, 11) is 0. The van der Waals surface area contributed by atoms with Gasteiger partial charge >= 0.3 is 5.97 Å². The number of nitrogens with one attached hydrogen (secondary N) is 2. The summed E-state index contributed by atoms with van der Waals surface area (Å²) in [5.74, 6) is 0.192. The monoisotopic (exact) mass is 253 g/mol. The molecule has 18 heavy (non-hydrogen) atoms. The first-order valence-electron chi connectivity index (χ1n) is 6.03. The van der Waals surface area contributed by atoms with Gasteiger partial charge < -0.3 is 10.1 Å². The summed E-state index contributed by atoms with van der Waals surface area (Å²) >= 11 is 0. The molecule has 1 aromatic rings. The highest BCUT2D eigenvalue weighted by Gasteiger charge is 2.10. The van der Waals surface area contributed by atoms with Gasteiger partial charge in [-0.2, -0.15) is 5.10 Å². The third-order valence-electron chi connectivity index (χ3n) is 2.35. The second-order valence-corrected chi connectivity index (χ2v) is 4.22. The Bertz CT molecular complexity index is 412. The number of hydrogen-bond acceptors (Lipinski definition) is 4. The number of hydrogen-bond donors (Lipinski definition) is 2. The van der Waals surface area contributed by atoms with Crippen molar-refractivity contribution in [2.45, 2.75) is 39.5 Å². The Morgan fingerprint density at radius 2 is 2.17 bits per heavy atom. The molecule has 0 aliphatic carbocycles. The molecule has 2 N–H and O–H groups in total. The molecule has 0 radical (unpaired) electrons. The molecule has 0 bridgehead atoms. The lowest BCUT2D eigenvalue weighted by Gasteiger charge is -2.02. The Morgan fingerprint density at radius 1 is 1.44 bits per heavy atom. The molecule has 0 saturated heterocycles. The first-order chi connectivity index (χ1) is 8.52. The minimum Gasteiger partial charge on any atom is -0.466 e. The van der Waals surface area contributed by atoms with Crippen LogP contribution in [0.15, 0.2) is 6.07 Å². The van der Waals surface area contributed by atoms with Gasteiger partial charge in [-0.05, 0) is 12.8 Å². The second-order valence-electron chi connectivity index (χ2n) is 4.22. The van der Waals surface area contributed by atoms with E-state index in [0.29, 0.717) is 18.3 Å². The van der Waals surface area contributed by atoms with Crippen LogP contribution in [-0.4, -0.2) is 28.7 Å². The van der Waals surface area contributed by atoms with E-state index in [9.17, 15) is 9.59 Å². The molecule has 1 aromatic heterocycles. The SMILES string of the molecule is CCOC(=O)CCC(=O)Nc1cc(C(C)C)[nH]n1. The Kier molecular flexibility index (Phi) is 5.35. The van der Waals surface area contributed by atoms with E-state index in [1.54, 1.807) is 13.0 Å². The molecule has 1 heterocycles. The van der Waals surface area contributed by atoms with Crippen molar-refractivity contribution in [3.05, 3.63) is 11.8 Å². The lowest BCUT2D eigenvalue weighted by molar-refractivity contribution is -0.144. The molecule has 1 amide bonds. The van der Waals surface area contributed by atoms with E-state index in [2.05, 4.69) is 15.5 Å². The molecule has 0 aromatic carbocycles. The summed E-state index contributed by atoms with van der Waals surface area (Å²) in [5.41, 5.74) is 0.954. The van der Waals surface area contributed by atoms with E-state index >= 15 is 0 Å². The number of anilines is 1. The maximum Gasteiger partial charge on any atom is 0.306 e. The number of carbonyl (C=O) groups excluding carboxylic acids is 2. The molecule has 0 atom stereocenters. The fourth-order valence-electron chi connectivity index (χ4n) is 1.35. The van der Waals surface area contributed by atoms with Gasteiger partial charge in [0.1, 0.15) is 0 Å². The van der Waals surface area contributed by atoms with Crippen molar-refractivity contribution in [3.8, 4) is 0 Å². The second kappa shape index (κ2) is 6.78. The molecule has 6 nitrogen and oxygen atoms in total. The normalized spacial score (nSPS) is 10.4. The summed E-state index contributed by atoms with van der Waals surface area (Å²) in [6, 6.07) is 1.78. The van der Waals surface area contributed by atoms with E-state index in [0.717, 1.165) is 5.69 Å². The van der Waals surface area contributed by atoms with Crippen LogP contribution in [0.3, 0.4) is 0 Å². The number of ether oxygens (including phenoxy) is 1. The summed E-state index contributed by atoms with van der Waals surface area (Å²) in [5, 5.41) is 9.43. The minimum absolute atomic E-state index is 0.0845. The smallest absolute Gasteiger partial charge is 0.306 e. The number of amides is 1. The molecule has 0 saturated carbocycles. The first kappa shape index (κ1) is 14.2. The number of aromatic amines is 1. The van der Waals surface area contributed by atoms with Gasteiger partial charge in [-0.25, -0.2) is 0 Å². The van der Waals surface area contributed by atoms with Crippen LogP contribution in [0.25, 0.3) is 0 Å². The van der Waals surface area contributed by atoms with Crippen molar-refractivity contribution >= 4 is 17.7 Å². The average Bonchev–Trinajstić information content (AvgIpc) is 2.75. The van der Waals surface area contributed by atoms with E-state index < -0.39 is 0 Å². The number of H-pyrrole nitrogens is 1. The number of esters is 1. The van der Waals surface area contributed by atoms with Crippen molar-refractivity contribution in [1.82, 2.24) is 10.2 Å². The van der Waals surface area contributed by atoms with Crippen LogP contribution < -0.4 is 5.32 Å². The van der Waals surface area contributed by atoms with Crippen molar-refractivity contribution in [2.24, 2.45) is 0 Å². The third kappa shape index (κ3) is 4.57. The van der Waals surface area contributed by atoms with E-state index in [-0.39, 0.29) is 24.7 Å². The van der Waals surface area contributed by atoms with E-state index in [1.807, 2.05) is 13.8 Å². The fourth-order valence-corrected chi connectivity index (χ4v) is 1.35. The van der Waals surface area contributed by atoms with Gasteiger partial charge in [0.2, 0.25) is 5.91 Å². The topological polar surface area (TPSA) is 84.1 Å². The highest BCUT2D eigenvalue weighted by Crippen LogP contribution is 2.14. The molecular formula is C12H19N3O3. The van der Waals surface area contributed by atoms with E-state index in [4.69, 9.17) is 4.74 Å². The van der Waals surface area contributed by atoms with Crippen LogP contribution in [0.4, 0.5) is 5.82 Å². The summed E-state index contributed by atoms with van der Waals surface area (Å²) < 4.78 is 4.74. The highest BCUT2D eigenvalue weighted by molar-refractivity contribution is 5.91. The number of carbonyl (C=O) groups is 2. The zero-order valence-electron chi connectivity index (χ0n) is 10.9. The lowest BCUT2D eigenvalue weighted by atomic mass is 10.1. The molecule has 0 spiro atoms. The zero-order valence-corrected chi connectivity index (χ0v) is 10.9. The Balaban J connectivity index is 2.37. The Hall–Kier alpha value is -1.85. The van der Waals surface area contributed by atoms with Crippen molar-refractivity contribution in [1.29, 1.82) is 0 Å². The van der Waals surface area contributed by atoms with Gasteiger partial charge in [-0.3, -0.25) is 14.7 Å². The first-order valence-corrected chi connectivity index (χ1v) is 6.03. The van der Waals surface area contributed by atoms with Crippen LogP contribution in [0.5, 0.6) is 0 Å². The number of rotatable bonds is 6. The molecule has 6 heteroatoms. The highest BCUT2D eigenvalue weighted by atomic mass is 16.5. The molecule has 0 fully saturated rings. The van der Waals surface area contributed by atoms with Gasteiger partial charge in [-0.15, -0.1) is 0 Å². The molecule has 0 aliphatic heterocycles. The molecule has 100 valence electrons. The Labute approximate surface area is 106 Å². The standard InChI is InChI=1S/C12H19N3O3/c1-4-18-12(17)6-5-11(16)13-10-7-9(8(2)3)14-15-10/h7-8H,4-6H2,1-3H3,(H2,13,14,15,16). The quantitative estimate of drug-likeness (QED) is 0.757. The van der Waals surface area contributed by atoms with Crippen LogP contribution in [0.1, 0.15) is 45.2 Å². The van der Waals surface area contributed by atoms with E-state index in [1.165, 1.54) is 0 Å². The predicted molar refractivity (Wildman–Crippen MR) is 67.2 cm³/mol. The van der Waals surface area contributed by atoms with Crippen LogP contribution in [0, 0.1) is 0 Å². The maximum absolute atomic E-state index is 11.5. The molecular weight excluding hydrogens is 234 g/mol. The van der Waals surface area contributed by atoms with Gasteiger partial charge in [0.05, 0.1) is 13.0 Å². The molecule has 1 rings (SSSR count). The third-order valence-corrected chi connectivity index (χ3v) is 2.35. The van der Waals surface area contributed by atoms with Gasteiger partial charge in [0.15, 0.2) is 5.82 Å². The van der Waals surface area contributed by atoms with Crippen molar-refractivity contribution in [2.75, 3.05) is 11.9 Å². The number of nitrogens with zero attached hydrogens (tertiary/aromatic N) is 1. The van der Waals surface area contributed by atoms with Gasteiger partial charge in [0.25, 0.3) is 0 Å². The fraction of sp³-hybridized carbons (Fsp3) is 0.583. The largest absolute Gasteiger partial charge is 0.466 e. The van der Waals surface area contributed by atoms with Crippen molar-refractivity contribution in [3.63, 3.8) is 0 Å². The number of aromatic nitrogens is 2. The van der Waals surface area contributed by atoms with Gasteiger partial charge in [-0.1, -0.05) is 13.8 Å².